The summed E-state index contributed by atoms with van der Waals surface area (Å²) in [5, 5.41) is 3.91. The average molecular weight is 323 g/mol. The molecule has 2 heterocycles. The Morgan fingerprint density at radius 2 is 2.14 bits per heavy atom. The van der Waals surface area contributed by atoms with Crippen LogP contribution in [-0.4, -0.2) is 25.4 Å². The van der Waals surface area contributed by atoms with E-state index in [1.165, 1.54) is 30.8 Å². The van der Waals surface area contributed by atoms with Crippen molar-refractivity contribution in [2.24, 2.45) is 0 Å². The van der Waals surface area contributed by atoms with E-state index < -0.39 is 0 Å². The van der Waals surface area contributed by atoms with Gasteiger partial charge >= 0.3 is 0 Å². The minimum Gasteiger partial charge on any atom is -1.00 e. The van der Waals surface area contributed by atoms with Gasteiger partial charge in [0.05, 0.1) is 13.1 Å². The zero-order chi connectivity index (χ0) is 9.10. The van der Waals surface area contributed by atoms with E-state index in [-0.39, 0.29) is 24.0 Å². The summed E-state index contributed by atoms with van der Waals surface area (Å²) in [6.45, 7) is 3.04. The highest BCUT2D eigenvalue weighted by atomic mass is 127. The Morgan fingerprint density at radius 1 is 1.43 bits per heavy atom. The van der Waals surface area contributed by atoms with Crippen molar-refractivity contribution >= 4 is 17.1 Å². The summed E-state index contributed by atoms with van der Waals surface area (Å²) in [6.07, 6.45) is 2.57. The molecule has 2 nitrogen and oxygen atoms in total. The zero-order valence-corrected chi connectivity index (χ0v) is 10.9. The maximum Gasteiger partial charge on any atom is 0.217 e. The van der Waals surface area contributed by atoms with Gasteiger partial charge in [-0.05, 0) is 11.4 Å². The van der Waals surface area contributed by atoms with Crippen LogP contribution in [0, 0.1) is 0 Å². The van der Waals surface area contributed by atoms with E-state index in [2.05, 4.69) is 0 Å². The predicted molar refractivity (Wildman–Crippen MR) is 53.4 cm³/mol. The van der Waals surface area contributed by atoms with Gasteiger partial charge in [0, 0.05) is 23.8 Å². The van der Waals surface area contributed by atoms with Gasteiger partial charge in [-0.3, -0.25) is 4.79 Å². The fourth-order valence-corrected chi connectivity index (χ4v) is 2.46. The molecule has 1 aliphatic heterocycles. The van der Waals surface area contributed by atoms with Gasteiger partial charge in [-0.2, -0.15) is 11.3 Å². The summed E-state index contributed by atoms with van der Waals surface area (Å²) in [6, 6.07) is 1.92. The quantitative estimate of drug-likeness (QED) is 0.487. The molecule has 1 N–H and O–H groups in total. The van der Waals surface area contributed by atoms with Gasteiger partial charge in [-0.25, -0.2) is 0 Å². The molecule has 4 heteroatoms. The number of Topliss-reactive ketones (excluding diaryl/α,β-unsaturated/α-hetero) is 1. The number of carbonyl (C=O) groups excluding carboxylic acids is 1. The Hall–Kier alpha value is 0.0600. The molecule has 2 rings (SSSR count). The second-order valence-corrected chi connectivity index (χ2v) is 4.35. The number of ketones is 1. The third kappa shape index (κ3) is 3.03. The molecule has 0 radical (unpaired) electrons. The van der Waals surface area contributed by atoms with Gasteiger partial charge in [-0.15, -0.1) is 0 Å². The molecule has 0 bridgehead atoms. The van der Waals surface area contributed by atoms with Crippen molar-refractivity contribution in [3.8, 4) is 0 Å². The molecular weight excluding hydrogens is 309 g/mol. The van der Waals surface area contributed by atoms with E-state index in [0.717, 1.165) is 5.56 Å². The Bertz CT molecular complexity index is 280. The molecule has 0 aromatic carbocycles. The van der Waals surface area contributed by atoms with Crippen LogP contribution in [-0.2, 0) is 0 Å². The van der Waals surface area contributed by atoms with Gasteiger partial charge < -0.3 is 28.9 Å². The maximum atomic E-state index is 11.6. The third-order valence-electron chi connectivity index (χ3n) is 2.56. The molecule has 1 aliphatic rings. The van der Waals surface area contributed by atoms with Crippen LogP contribution in [0.4, 0.5) is 0 Å². The van der Waals surface area contributed by atoms with E-state index in [1.807, 2.05) is 16.8 Å². The van der Waals surface area contributed by atoms with Gasteiger partial charge in [0.15, 0.2) is 0 Å². The molecular formula is C10H14INOS. The first-order chi connectivity index (χ1) is 6.36. The highest BCUT2D eigenvalue weighted by Crippen LogP contribution is 2.05. The van der Waals surface area contributed by atoms with Crippen LogP contribution < -0.4 is 28.9 Å². The van der Waals surface area contributed by atoms with Gasteiger partial charge in [0.25, 0.3) is 0 Å². The molecule has 0 aliphatic carbocycles. The molecule has 0 saturated carbocycles. The summed E-state index contributed by atoms with van der Waals surface area (Å²) in [5.41, 5.74) is 0.893. The van der Waals surface area contributed by atoms with Gasteiger partial charge in [0.2, 0.25) is 5.78 Å². The van der Waals surface area contributed by atoms with E-state index in [9.17, 15) is 4.79 Å². The van der Waals surface area contributed by atoms with Gasteiger partial charge in [-0.1, -0.05) is 0 Å². The number of hydrogen-bond donors (Lipinski definition) is 1. The SMILES string of the molecule is O=C(C[NH+]1CCCC1)c1ccsc1.[I-]. The highest BCUT2D eigenvalue weighted by Gasteiger charge is 2.19. The highest BCUT2D eigenvalue weighted by molar-refractivity contribution is 7.08. The lowest BCUT2D eigenvalue weighted by Crippen LogP contribution is -3.10. The first-order valence-corrected chi connectivity index (χ1v) is 5.69. The van der Waals surface area contributed by atoms with Crippen molar-refractivity contribution < 1.29 is 33.7 Å². The fraction of sp³-hybridized carbons (Fsp3) is 0.500. The van der Waals surface area contributed by atoms with Crippen molar-refractivity contribution in [3.63, 3.8) is 0 Å². The number of nitrogens with one attached hydrogen (secondary N) is 1. The number of likely N-dealkylation sites (tertiary alicyclic amines) is 1. The molecule has 14 heavy (non-hydrogen) atoms. The molecule has 78 valence electrons. The summed E-state index contributed by atoms with van der Waals surface area (Å²) in [5.74, 6) is 0.304. The fourth-order valence-electron chi connectivity index (χ4n) is 1.80. The number of halogens is 1. The Morgan fingerprint density at radius 3 is 2.71 bits per heavy atom. The van der Waals surface area contributed by atoms with Crippen molar-refractivity contribution in [2.75, 3.05) is 19.6 Å². The minimum absolute atomic E-state index is 0. The summed E-state index contributed by atoms with van der Waals surface area (Å²) in [7, 11) is 0. The van der Waals surface area contributed by atoms with Gasteiger partial charge in [0.1, 0.15) is 6.54 Å². The van der Waals surface area contributed by atoms with E-state index in [1.54, 1.807) is 11.3 Å². The smallest absolute Gasteiger partial charge is 0.217 e. The molecule has 0 amide bonds. The maximum absolute atomic E-state index is 11.6. The number of carbonyl (C=O) groups is 1. The second kappa shape index (κ2) is 5.82. The predicted octanol–water partition coefficient (Wildman–Crippen LogP) is -2.39. The number of thiophene rings is 1. The monoisotopic (exact) mass is 323 g/mol. The van der Waals surface area contributed by atoms with E-state index in [0.29, 0.717) is 12.3 Å². The van der Waals surface area contributed by atoms with E-state index in [4.69, 9.17) is 0 Å². The molecule has 1 aromatic heterocycles. The molecule has 0 unspecified atom stereocenters. The lowest BCUT2D eigenvalue weighted by molar-refractivity contribution is -0.878. The average Bonchev–Trinajstić information content (AvgIpc) is 2.74. The van der Waals surface area contributed by atoms with Crippen LogP contribution in [0.15, 0.2) is 16.8 Å². The molecule has 0 spiro atoms. The van der Waals surface area contributed by atoms with Crippen LogP contribution in [0.1, 0.15) is 23.2 Å². The topological polar surface area (TPSA) is 21.5 Å². The number of hydrogen-bond acceptors (Lipinski definition) is 2. The Labute approximate surface area is 105 Å². The number of rotatable bonds is 3. The van der Waals surface area contributed by atoms with Crippen LogP contribution in [0.3, 0.4) is 0 Å². The van der Waals surface area contributed by atoms with Crippen molar-refractivity contribution in [2.45, 2.75) is 12.8 Å². The largest absolute Gasteiger partial charge is 1.00 e. The van der Waals surface area contributed by atoms with Crippen LogP contribution >= 0.6 is 11.3 Å². The first kappa shape index (κ1) is 12.1. The first-order valence-electron chi connectivity index (χ1n) is 4.75. The van der Waals surface area contributed by atoms with Crippen LogP contribution in [0.5, 0.6) is 0 Å². The lowest BCUT2D eigenvalue weighted by atomic mass is 10.2. The molecule has 1 aromatic rings. The summed E-state index contributed by atoms with van der Waals surface area (Å²) in [4.78, 5) is 13.1. The second-order valence-electron chi connectivity index (χ2n) is 3.57. The normalized spacial score (nSPS) is 16.6. The van der Waals surface area contributed by atoms with Crippen LogP contribution in [0.25, 0.3) is 0 Å². The van der Waals surface area contributed by atoms with E-state index >= 15 is 0 Å². The third-order valence-corrected chi connectivity index (χ3v) is 3.25. The summed E-state index contributed by atoms with van der Waals surface area (Å²) >= 11 is 1.60. The standard InChI is InChI=1S/C10H13NOS.HI/c12-10(9-3-6-13-8-9)7-11-4-1-2-5-11;/h3,6,8H,1-2,4-5,7H2;1H. The number of quaternary nitrogens is 1. The van der Waals surface area contributed by atoms with Crippen LogP contribution in [0.2, 0.25) is 0 Å². The Kier molecular flexibility index (Phi) is 5.05. The van der Waals surface area contributed by atoms with Crippen molar-refractivity contribution in [1.82, 2.24) is 0 Å². The van der Waals surface area contributed by atoms with Crippen molar-refractivity contribution in [1.29, 1.82) is 0 Å². The summed E-state index contributed by atoms with van der Waals surface area (Å²) < 4.78 is 0. The zero-order valence-electron chi connectivity index (χ0n) is 7.96. The molecule has 1 saturated heterocycles. The molecule has 1 fully saturated rings. The molecule has 0 atom stereocenters. The Balaban J connectivity index is 0.000000980. The van der Waals surface area contributed by atoms with Crippen molar-refractivity contribution in [3.05, 3.63) is 22.4 Å². The lowest BCUT2D eigenvalue weighted by Gasteiger charge is -2.09. The minimum atomic E-state index is 0.